The zero-order valence-corrected chi connectivity index (χ0v) is 15.4. The molecule has 0 bridgehead atoms. The van der Waals surface area contributed by atoms with Crippen LogP contribution in [0.5, 0.6) is 5.75 Å². The summed E-state index contributed by atoms with van der Waals surface area (Å²) >= 11 is 0. The Kier molecular flexibility index (Phi) is 6.06. The smallest absolute Gasteiger partial charge is 0.341 e. The van der Waals surface area contributed by atoms with Crippen LogP contribution in [0.4, 0.5) is 0 Å². The summed E-state index contributed by atoms with van der Waals surface area (Å²) in [4.78, 5) is 25.4. The molecule has 6 heteroatoms. The molecule has 1 aliphatic rings. The molecule has 1 amide bonds. The zero-order chi connectivity index (χ0) is 18.6. The van der Waals surface area contributed by atoms with Gasteiger partial charge in [-0.1, -0.05) is 6.92 Å². The van der Waals surface area contributed by atoms with Gasteiger partial charge >= 0.3 is 5.97 Å². The maximum absolute atomic E-state index is 12.8. The van der Waals surface area contributed by atoms with E-state index >= 15 is 0 Å². The molecule has 0 atom stereocenters. The fourth-order valence-electron chi connectivity index (χ4n) is 3.36. The molecule has 0 saturated carbocycles. The summed E-state index contributed by atoms with van der Waals surface area (Å²) in [7, 11) is 1.71. The molecule has 1 saturated heterocycles. The van der Waals surface area contributed by atoms with Crippen LogP contribution in [0.1, 0.15) is 41.3 Å². The van der Waals surface area contributed by atoms with Crippen molar-refractivity contribution in [3.8, 4) is 5.75 Å². The van der Waals surface area contributed by atoms with Gasteiger partial charge in [0.15, 0.2) is 6.61 Å². The number of carboxylic acid groups (broad SMARTS) is 1. The van der Waals surface area contributed by atoms with E-state index in [-0.39, 0.29) is 17.9 Å². The fourth-order valence-corrected chi connectivity index (χ4v) is 3.36. The minimum absolute atomic E-state index is 0.00968. The maximum atomic E-state index is 12.8. The first kappa shape index (κ1) is 19.2. The van der Waals surface area contributed by atoms with Gasteiger partial charge in [0, 0.05) is 25.8 Å². The lowest BCUT2D eigenvalue weighted by atomic mass is 9.81. The van der Waals surface area contributed by atoms with Crippen molar-refractivity contribution in [1.29, 1.82) is 0 Å². The molecule has 1 aliphatic heterocycles. The molecule has 1 aromatic carbocycles. The molecule has 1 N–H and O–H groups in total. The number of carboxylic acids is 1. The van der Waals surface area contributed by atoms with Crippen molar-refractivity contribution in [2.75, 3.05) is 33.4 Å². The van der Waals surface area contributed by atoms with Crippen LogP contribution in [0.3, 0.4) is 0 Å². The molecule has 0 unspecified atom stereocenters. The standard InChI is InChI=1S/C19H27NO5/c1-13-9-15(10-14(2)17(13)25-11-16(21)22)18(23)20-7-5-19(3,6-8-20)12-24-4/h9-10H,5-8,11-12H2,1-4H3,(H,21,22). The molecule has 1 heterocycles. The highest BCUT2D eigenvalue weighted by atomic mass is 16.5. The highest BCUT2D eigenvalue weighted by Crippen LogP contribution is 2.32. The number of ether oxygens (including phenoxy) is 2. The summed E-state index contributed by atoms with van der Waals surface area (Å²) in [5, 5.41) is 8.76. The number of nitrogens with zero attached hydrogens (tertiary/aromatic N) is 1. The van der Waals surface area contributed by atoms with Gasteiger partial charge in [-0.05, 0) is 55.4 Å². The van der Waals surface area contributed by atoms with Crippen LogP contribution < -0.4 is 4.74 Å². The quantitative estimate of drug-likeness (QED) is 0.854. The van der Waals surface area contributed by atoms with Crippen molar-refractivity contribution in [3.63, 3.8) is 0 Å². The number of aryl methyl sites for hydroxylation is 2. The molecule has 1 aromatic rings. The molecule has 2 rings (SSSR count). The summed E-state index contributed by atoms with van der Waals surface area (Å²) in [6.07, 6.45) is 1.84. The summed E-state index contributed by atoms with van der Waals surface area (Å²) in [5.41, 5.74) is 2.29. The predicted octanol–water partition coefficient (Wildman–Crippen LogP) is 2.66. The van der Waals surface area contributed by atoms with E-state index in [0.29, 0.717) is 31.0 Å². The van der Waals surface area contributed by atoms with E-state index in [0.717, 1.165) is 24.0 Å². The maximum Gasteiger partial charge on any atom is 0.341 e. The van der Waals surface area contributed by atoms with E-state index in [2.05, 4.69) is 6.92 Å². The second-order valence-electron chi connectivity index (χ2n) is 7.16. The van der Waals surface area contributed by atoms with Crippen LogP contribution in [-0.4, -0.2) is 55.3 Å². The Bertz CT molecular complexity index is 624. The van der Waals surface area contributed by atoms with E-state index < -0.39 is 5.97 Å². The Morgan fingerprint density at radius 2 is 1.76 bits per heavy atom. The molecular formula is C19H27NO5. The molecular weight excluding hydrogens is 322 g/mol. The first-order valence-corrected chi connectivity index (χ1v) is 8.50. The number of rotatable bonds is 6. The summed E-state index contributed by atoms with van der Waals surface area (Å²) < 4.78 is 10.6. The SMILES string of the molecule is COCC1(C)CCN(C(=O)c2cc(C)c(OCC(=O)O)c(C)c2)CC1. The number of piperidine rings is 1. The second kappa shape index (κ2) is 7.87. The number of methoxy groups -OCH3 is 1. The van der Waals surface area contributed by atoms with Crippen LogP contribution >= 0.6 is 0 Å². The number of hydrogen-bond acceptors (Lipinski definition) is 4. The van der Waals surface area contributed by atoms with Crippen molar-refractivity contribution in [1.82, 2.24) is 4.90 Å². The van der Waals surface area contributed by atoms with Gasteiger partial charge in [0.1, 0.15) is 5.75 Å². The normalized spacial score (nSPS) is 16.6. The Morgan fingerprint density at radius 3 is 2.24 bits per heavy atom. The van der Waals surface area contributed by atoms with Crippen LogP contribution in [0.25, 0.3) is 0 Å². The minimum atomic E-state index is -1.02. The van der Waals surface area contributed by atoms with E-state index in [4.69, 9.17) is 14.6 Å². The van der Waals surface area contributed by atoms with Gasteiger partial charge in [-0.25, -0.2) is 4.79 Å². The molecule has 0 spiro atoms. The lowest BCUT2D eigenvalue weighted by Gasteiger charge is -2.39. The number of benzene rings is 1. The van der Waals surface area contributed by atoms with Gasteiger partial charge in [-0.2, -0.15) is 0 Å². The Balaban J connectivity index is 2.09. The molecule has 1 fully saturated rings. The Morgan fingerprint density at radius 1 is 1.20 bits per heavy atom. The number of likely N-dealkylation sites (tertiary alicyclic amines) is 1. The van der Waals surface area contributed by atoms with E-state index in [1.54, 1.807) is 19.2 Å². The molecule has 0 aromatic heterocycles. The topological polar surface area (TPSA) is 76.1 Å². The minimum Gasteiger partial charge on any atom is -0.481 e. The molecule has 6 nitrogen and oxygen atoms in total. The van der Waals surface area contributed by atoms with Crippen molar-refractivity contribution in [2.24, 2.45) is 5.41 Å². The van der Waals surface area contributed by atoms with Crippen LogP contribution in [0.15, 0.2) is 12.1 Å². The third kappa shape index (κ3) is 4.72. The average molecular weight is 349 g/mol. The molecule has 25 heavy (non-hydrogen) atoms. The van der Waals surface area contributed by atoms with Gasteiger partial charge in [0.2, 0.25) is 0 Å². The third-order valence-electron chi connectivity index (χ3n) is 4.80. The van der Waals surface area contributed by atoms with Gasteiger partial charge in [0.25, 0.3) is 5.91 Å². The van der Waals surface area contributed by atoms with E-state index in [9.17, 15) is 9.59 Å². The fraction of sp³-hybridized carbons (Fsp3) is 0.579. The number of aliphatic carboxylic acids is 1. The lowest BCUT2D eigenvalue weighted by molar-refractivity contribution is -0.139. The average Bonchev–Trinajstić information content (AvgIpc) is 2.53. The molecule has 0 radical (unpaired) electrons. The predicted molar refractivity (Wildman–Crippen MR) is 94.2 cm³/mol. The Labute approximate surface area is 148 Å². The van der Waals surface area contributed by atoms with Crippen LogP contribution in [0.2, 0.25) is 0 Å². The van der Waals surface area contributed by atoms with Crippen LogP contribution in [-0.2, 0) is 9.53 Å². The van der Waals surface area contributed by atoms with E-state index in [1.807, 2.05) is 18.7 Å². The van der Waals surface area contributed by atoms with E-state index in [1.165, 1.54) is 0 Å². The number of carbonyl (C=O) groups is 2. The zero-order valence-electron chi connectivity index (χ0n) is 15.4. The van der Waals surface area contributed by atoms with Crippen molar-refractivity contribution in [3.05, 3.63) is 28.8 Å². The third-order valence-corrected chi connectivity index (χ3v) is 4.80. The lowest BCUT2D eigenvalue weighted by Crippen LogP contribution is -2.43. The first-order chi connectivity index (χ1) is 11.8. The molecule has 0 aliphatic carbocycles. The monoisotopic (exact) mass is 349 g/mol. The summed E-state index contributed by atoms with van der Waals surface area (Å²) in [6, 6.07) is 3.55. The Hall–Kier alpha value is -2.08. The number of hydrogen-bond donors (Lipinski definition) is 1. The summed E-state index contributed by atoms with van der Waals surface area (Å²) in [5.74, 6) is -0.480. The van der Waals surface area contributed by atoms with Crippen molar-refractivity contribution in [2.45, 2.75) is 33.6 Å². The van der Waals surface area contributed by atoms with Gasteiger partial charge in [-0.3, -0.25) is 4.79 Å². The second-order valence-corrected chi connectivity index (χ2v) is 7.16. The van der Waals surface area contributed by atoms with Gasteiger partial charge in [-0.15, -0.1) is 0 Å². The van der Waals surface area contributed by atoms with Gasteiger partial charge in [0.05, 0.1) is 6.61 Å². The number of carbonyl (C=O) groups excluding carboxylic acids is 1. The van der Waals surface area contributed by atoms with Crippen LogP contribution in [0, 0.1) is 19.3 Å². The number of amides is 1. The molecule has 138 valence electrons. The van der Waals surface area contributed by atoms with Gasteiger partial charge < -0.3 is 19.5 Å². The first-order valence-electron chi connectivity index (χ1n) is 8.50. The van der Waals surface area contributed by atoms with Crippen molar-refractivity contribution >= 4 is 11.9 Å². The largest absolute Gasteiger partial charge is 0.481 e. The summed E-state index contributed by atoms with van der Waals surface area (Å²) in [6.45, 7) is 7.60. The highest BCUT2D eigenvalue weighted by Gasteiger charge is 2.32. The highest BCUT2D eigenvalue weighted by molar-refractivity contribution is 5.95. The van der Waals surface area contributed by atoms with Crippen molar-refractivity contribution < 1.29 is 24.2 Å².